The third kappa shape index (κ3) is 2.20. The second kappa shape index (κ2) is 5.31. The van der Waals surface area contributed by atoms with E-state index in [1.54, 1.807) is 17.9 Å². The fourth-order valence-corrected chi connectivity index (χ4v) is 2.03. The molecular weight excluding hydrogens is 218 g/mol. The van der Waals surface area contributed by atoms with Gasteiger partial charge in [0.15, 0.2) is 11.5 Å². The van der Waals surface area contributed by atoms with Crippen molar-refractivity contribution in [2.45, 2.75) is 26.7 Å². The van der Waals surface area contributed by atoms with Crippen molar-refractivity contribution in [1.82, 2.24) is 9.78 Å². The Morgan fingerprint density at radius 1 is 1.53 bits per heavy atom. The molecule has 0 aliphatic heterocycles. The molecule has 2 N–H and O–H groups in total. The molecule has 0 fully saturated rings. The lowest BCUT2D eigenvalue weighted by Crippen LogP contribution is -2.38. The van der Waals surface area contributed by atoms with Gasteiger partial charge in [0.2, 0.25) is 0 Å². The van der Waals surface area contributed by atoms with Crippen LogP contribution in [0.4, 0.5) is 0 Å². The first kappa shape index (κ1) is 13.7. The van der Waals surface area contributed by atoms with Crippen molar-refractivity contribution < 1.29 is 9.53 Å². The van der Waals surface area contributed by atoms with Crippen LogP contribution in [-0.4, -0.2) is 29.2 Å². The lowest BCUT2D eigenvalue weighted by Gasteiger charge is -2.28. The van der Waals surface area contributed by atoms with Gasteiger partial charge < -0.3 is 10.5 Å². The molecule has 1 heterocycles. The van der Waals surface area contributed by atoms with Gasteiger partial charge in [-0.15, -0.1) is 0 Å². The molecule has 0 saturated heterocycles. The van der Waals surface area contributed by atoms with Crippen LogP contribution in [0.15, 0.2) is 6.20 Å². The average Bonchev–Trinajstić information content (AvgIpc) is 2.73. The standard InChI is InChI=1S/C12H21N3O2/c1-5-12(6-2,8-13)11(16)10-9(17-4)7-14-15(10)3/h7H,5-6,8,13H2,1-4H3. The Kier molecular flexibility index (Phi) is 4.28. The molecule has 17 heavy (non-hydrogen) atoms. The number of aromatic nitrogens is 2. The predicted octanol–water partition coefficient (Wildman–Crippen LogP) is 1.38. The van der Waals surface area contributed by atoms with E-state index in [2.05, 4.69) is 5.10 Å². The summed E-state index contributed by atoms with van der Waals surface area (Å²) >= 11 is 0. The van der Waals surface area contributed by atoms with E-state index in [0.717, 1.165) is 0 Å². The zero-order chi connectivity index (χ0) is 13.1. The Morgan fingerprint density at radius 2 is 2.12 bits per heavy atom. The first-order valence-electron chi connectivity index (χ1n) is 5.87. The third-order valence-electron chi connectivity index (χ3n) is 3.57. The highest BCUT2D eigenvalue weighted by Crippen LogP contribution is 2.32. The van der Waals surface area contributed by atoms with Crippen molar-refractivity contribution in [1.29, 1.82) is 0 Å². The number of ether oxygens (including phenoxy) is 1. The summed E-state index contributed by atoms with van der Waals surface area (Å²) in [6, 6.07) is 0. The number of carbonyl (C=O) groups excluding carboxylic acids is 1. The van der Waals surface area contributed by atoms with Crippen molar-refractivity contribution in [2.24, 2.45) is 18.2 Å². The Hall–Kier alpha value is -1.36. The van der Waals surface area contributed by atoms with Gasteiger partial charge in [0, 0.05) is 19.0 Å². The Balaban J connectivity index is 3.22. The van der Waals surface area contributed by atoms with Crippen LogP contribution in [-0.2, 0) is 7.05 Å². The van der Waals surface area contributed by atoms with Gasteiger partial charge in [-0.1, -0.05) is 13.8 Å². The number of carbonyl (C=O) groups is 1. The first-order valence-corrected chi connectivity index (χ1v) is 5.87. The summed E-state index contributed by atoms with van der Waals surface area (Å²) in [5.74, 6) is 0.527. The van der Waals surface area contributed by atoms with E-state index >= 15 is 0 Å². The minimum absolute atomic E-state index is 0.0156. The molecule has 0 amide bonds. The molecule has 0 aliphatic rings. The summed E-state index contributed by atoms with van der Waals surface area (Å²) in [7, 11) is 3.28. The zero-order valence-electron chi connectivity index (χ0n) is 11.0. The predicted molar refractivity (Wildman–Crippen MR) is 66.2 cm³/mol. The highest BCUT2D eigenvalue weighted by Gasteiger charge is 2.37. The Labute approximate surface area is 102 Å². The molecule has 0 spiro atoms. The summed E-state index contributed by atoms with van der Waals surface area (Å²) in [6.07, 6.45) is 2.99. The molecule has 1 aromatic heterocycles. The summed E-state index contributed by atoms with van der Waals surface area (Å²) in [5, 5.41) is 4.05. The van der Waals surface area contributed by atoms with Gasteiger partial charge in [-0.2, -0.15) is 5.10 Å². The molecule has 0 atom stereocenters. The molecule has 0 aliphatic carbocycles. The van der Waals surface area contributed by atoms with Crippen molar-refractivity contribution in [3.63, 3.8) is 0 Å². The van der Waals surface area contributed by atoms with Crippen LogP contribution in [0.2, 0.25) is 0 Å². The molecule has 1 aromatic rings. The Morgan fingerprint density at radius 3 is 2.53 bits per heavy atom. The van der Waals surface area contributed by atoms with Gasteiger partial charge in [0.05, 0.1) is 13.3 Å². The minimum atomic E-state index is -0.513. The minimum Gasteiger partial charge on any atom is -0.493 e. The smallest absolute Gasteiger partial charge is 0.192 e. The number of hydrogen-bond acceptors (Lipinski definition) is 4. The lowest BCUT2D eigenvalue weighted by molar-refractivity contribution is 0.0773. The third-order valence-corrected chi connectivity index (χ3v) is 3.57. The average molecular weight is 239 g/mol. The van der Waals surface area contributed by atoms with Crippen molar-refractivity contribution in [3.8, 4) is 5.75 Å². The fourth-order valence-electron chi connectivity index (χ4n) is 2.03. The SMILES string of the molecule is CCC(CC)(CN)C(=O)c1c(OC)cnn1C. The number of Topliss-reactive ketones (excluding diaryl/α,β-unsaturated/α-hetero) is 1. The molecule has 0 unspecified atom stereocenters. The highest BCUT2D eigenvalue weighted by molar-refractivity contribution is 6.01. The van der Waals surface area contributed by atoms with Crippen LogP contribution in [0.5, 0.6) is 5.75 Å². The number of nitrogens with two attached hydrogens (primary N) is 1. The lowest BCUT2D eigenvalue weighted by atomic mass is 9.77. The monoisotopic (exact) mass is 239 g/mol. The molecule has 5 heteroatoms. The summed E-state index contributed by atoms with van der Waals surface area (Å²) in [6.45, 7) is 4.31. The zero-order valence-corrected chi connectivity index (χ0v) is 11.0. The number of rotatable bonds is 6. The number of methoxy groups -OCH3 is 1. The maximum Gasteiger partial charge on any atom is 0.192 e. The normalized spacial score (nSPS) is 11.6. The van der Waals surface area contributed by atoms with Crippen LogP contribution in [0.1, 0.15) is 37.2 Å². The summed E-state index contributed by atoms with van der Waals surface area (Å²) < 4.78 is 6.72. The number of ketones is 1. The van der Waals surface area contributed by atoms with Crippen LogP contribution < -0.4 is 10.5 Å². The van der Waals surface area contributed by atoms with E-state index in [1.807, 2.05) is 13.8 Å². The maximum atomic E-state index is 12.6. The molecule has 96 valence electrons. The second-order valence-electron chi connectivity index (χ2n) is 4.21. The quantitative estimate of drug-likeness (QED) is 0.761. The number of nitrogens with zero attached hydrogens (tertiary/aromatic N) is 2. The molecule has 5 nitrogen and oxygen atoms in total. The van der Waals surface area contributed by atoms with Gasteiger partial charge in [-0.25, -0.2) is 0 Å². The molecular formula is C12H21N3O2. The van der Waals surface area contributed by atoms with Crippen LogP contribution in [0.25, 0.3) is 0 Å². The van der Waals surface area contributed by atoms with Gasteiger partial charge >= 0.3 is 0 Å². The first-order chi connectivity index (χ1) is 8.06. The van der Waals surface area contributed by atoms with Crippen molar-refractivity contribution in [3.05, 3.63) is 11.9 Å². The van der Waals surface area contributed by atoms with E-state index in [4.69, 9.17) is 10.5 Å². The Bertz CT molecular complexity index is 386. The van der Waals surface area contributed by atoms with E-state index in [1.165, 1.54) is 7.11 Å². The van der Waals surface area contributed by atoms with Crippen LogP contribution >= 0.6 is 0 Å². The summed E-state index contributed by atoms with van der Waals surface area (Å²) in [5.41, 5.74) is 5.77. The van der Waals surface area contributed by atoms with E-state index in [0.29, 0.717) is 30.8 Å². The van der Waals surface area contributed by atoms with E-state index in [-0.39, 0.29) is 5.78 Å². The van der Waals surface area contributed by atoms with Crippen LogP contribution in [0, 0.1) is 5.41 Å². The highest BCUT2D eigenvalue weighted by atomic mass is 16.5. The van der Waals surface area contributed by atoms with Gasteiger partial charge in [0.1, 0.15) is 5.69 Å². The van der Waals surface area contributed by atoms with Gasteiger partial charge in [0.25, 0.3) is 0 Å². The van der Waals surface area contributed by atoms with Gasteiger partial charge in [-0.05, 0) is 12.8 Å². The summed E-state index contributed by atoms with van der Waals surface area (Å²) in [4.78, 5) is 12.6. The van der Waals surface area contributed by atoms with Crippen molar-refractivity contribution in [2.75, 3.05) is 13.7 Å². The van der Waals surface area contributed by atoms with E-state index < -0.39 is 5.41 Å². The molecule has 0 bridgehead atoms. The topological polar surface area (TPSA) is 70.1 Å². The van der Waals surface area contributed by atoms with E-state index in [9.17, 15) is 4.79 Å². The second-order valence-corrected chi connectivity index (χ2v) is 4.21. The fraction of sp³-hybridized carbons (Fsp3) is 0.667. The molecule has 0 aromatic carbocycles. The van der Waals surface area contributed by atoms with Crippen molar-refractivity contribution >= 4 is 5.78 Å². The van der Waals surface area contributed by atoms with Gasteiger partial charge in [-0.3, -0.25) is 9.48 Å². The molecule has 0 saturated carbocycles. The molecule has 1 rings (SSSR count). The number of aryl methyl sites for hydroxylation is 1. The molecule has 0 radical (unpaired) electrons. The largest absolute Gasteiger partial charge is 0.493 e. The van der Waals surface area contributed by atoms with Crippen LogP contribution in [0.3, 0.4) is 0 Å². The maximum absolute atomic E-state index is 12.6. The number of hydrogen-bond donors (Lipinski definition) is 1.